The highest BCUT2D eigenvalue weighted by Gasteiger charge is 2.32. The number of fused-ring (bicyclic) bond motifs is 1. The van der Waals surface area contributed by atoms with Crippen LogP contribution < -0.4 is 33.2 Å². The van der Waals surface area contributed by atoms with Crippen molar-refractivity contribution in [3.63, 3.8) is 0 Å². The first-order valence-corrected chi connectivity index (χ1v) is 11.6. The Bertz CT molecular complexity index is 1130. The summed E-state index contributed by atoms with van der Waals surface area (Å²) in [7, 11) is 0. The Kier molecular flexibility index (Phi) is 10.8. The number of benzene rings is 1. The zero-order valence-corrected chi connectivity index (χ0v) is 20.4. The second kappa shape index (κ2) is 13.8. The van der Waals surface area contributed by atoms with Crippen LogP contribution in [0.1, 0.15) is 25.3 Å². The molecule has 0 aliphatic carbocycles. The number of carboxylic acids is 1. The SMILES string of the molecule is CC(O)C(NC(=O)C(CCCN=C(N)N)NC(=O)CN)C(=O)NC(Cc1c[nH]c2ccccc12)C(=O)O. The molecule has 2 aromatic rings. The molecule has 1 heterocycles. The molecule has 0 bridgehead atoms. The van der Waals surface area contributed by atoms with E-state index < -0.39 is 47.9 Å². The Morgan fingerprint density at radius 3 is 2.38 bits per heavy atom. The fourth-order valence-corrected chi connectivity index (χ4v) is 3.67. The van der Waals surface area contributed by atoms with Crippen molar-refractivity contribution >= 4 is 40.6 Å². The molecule has 1 aromatic heterocycles. The van der Waals surface area contributed by atoms with Crippen LogP contribution in [0, 0.1) is 0 Å². The number of nitrogens with two attached hydrogens (primary N) is 3. The van der Waals surface area contributed by atoms with E-state index >= 15 is 0 Å². The molecule has 0 aliphatic rings. The average molecular weight is 519 g/mol. The van der Waals surface area contributed by atoms with E-state index in [-0.39, 0.29) is 31.9 Å². The summed E-state index contributed by atoms with van der Waals surface area (Å²) in [5.74, 6) is -3.69. The van der Waals surface area contributed by atoms with Gasteiger partial charge in [-0.25, -0.2) is 4.79 Å². The fraction of sp³-hybridized carbons (Fsp3) is 0.435. The number of nitrogens with one attached hydrogen (secondary N) is 4. The lowest BCUT2D eigenvalue weighted by atomic mass is 10.0. The Morgan fingerprint density at radius 2 is 1.76 bits per heavy atom. The second-order valence-corrected chi connectivity index (χ2v) is 8.46. The molecular weight excluding hydrogens is 484 g/mol. The third kappa shape index (κ3) is 8.77. The highest BCUT2D eigenvalue weighted by atomic mass is 16.4. The summed E-state index contributed by atoms with van der Waals surface area (Å²) in [4.78, 5) is 56.4. The smallest absolute Gasteiger partial charge is 0.326 e. The summed E-state index contributed by atoms with van der Waals surface area (Å²) in [5.41, 5.74) is 17.4. The van der Waals surface area contributed by atoms with Crippen molar-refractivity contribution in [2.75, 3.05) is 13.1 Å². The monoisotopic (exact) mass is 518 g/mol. The van der Waals surface area contributed by atoms with Crippen LogP contribution in [0.15, 0.2) is 35.5 Å². The van der Waals surface area contributed by atoms with E-state index in [9.17, 15) is 29.4 Å². The maximum atomic E-state index is 13.0. The first-order valence-electron chi connectivity index (χ1n) is 11.6. The molecule has 1 aromatic carbocycles. The number of hydrogen-bond acceptors (Lipinski definition) is 7. The van der Waals surface area contributed by atoms with Crippen LogP contribution in [0.25, 0.3) is 10.9 Å². The van der Waals surface area contributed by atoms with Gasteiger partial charge >= 0.3 is 5.97 Å². The quantitative estimate of drug-likeness (QED) is 0.0735. The van der Waals surface area contributed by atoms with Gasteiger partial charge in [-0.1, -0.05) is 18.2 Å². The number of carbonyl (C=O) groups excluding carboxylic acids is 3. The van der Waals surface area contributed by atoms with Crippen LogP contribution >= 0.6 is 0 Å². The maximum Gasteiger partial charge on any atom is 0.326 e. The third-order valence-corrected chi connectivity index (χ3v) is 5.56. The van der Waals surface area contributed by atoms with Gasteiger partial charge in [-0.2, -0.15) is 0 Å². The first-order chi connectivity index (χ1) is 17.5. The van der Waals surface area contributed by atoms with Gasteiger partial charge in [0.25, 0.3) is 0 Å². The Labute approximate surface area is 213 Å². The van der Waals surface area contributed by atoms with Crippen LogP contribution in [0.4, 0.5) is 0 Å². The molecule has 202 valence electrons. The zero-order valence-electron chi connectivity index (χ0n) is 20.4. The van der Waals surface area contributed by atoms with Crippen LogP contribution in [0.2, 0.25) is 0 Å². The molecule has 0 saturated heterocycles. The Balaban J connectivity index is 2.12. The fourth-order valence-electron chi connectivity index (χ4n) is 3.67. The van der Waals surface area contributed by atoms with E-state index in [0.29, 0.717) is 12.0 Å². The number of carbonyl (C=O) groups is 4. The van der Waals surface area contributed by atoms with Gasteiger partial charge in [0.05, 0.1) is 12.6 Å². The normalized spacial score (nSPS) is 14.1. The average Bonchev–Trinajstić information content (AvgIpc) is 3.25. The standard InChI is InChI=1S/C23H34N8O6/c1-12(32)19(31-20(34)16(29-18(33)10-24)7-4-8-27-23(25)26)21(35)30-17(22(36)37)9-13-11-28-15-6-3-2-5-14(13)15/h2-3,5-6,11-12,16-17,19,28,32H,4,7-10,24H2,1H3,(H,29,33)(H,30,35)(H,31,34)(H,36,37)(H4,25,26,27). The largest absolute Gasteiger partial charge is 0.480 e. The molecule has 0 aliphatic heterocycles. The predicted octanol–water partition coefficient (Wildman–Crippen LogP) is -2.36. The van der Waals surface area contributed by atoms with Gasteiger partial charge in [-0.15, -0.1) is 0 Å². The van der Waals surface area contributed by atoms with E-state index in [2.05, 4.69) is 25.9 Å². The molecule has 0 fully saturated rings. The lowest BCUT2D eigenvalue weighted by Gasteiger charge is -2.26. The van der Waals surface area contributed by atoms with Crippen molar-refractivity contribution in [1.82, 2.24) is 20.9 Å². The highest BCUT2D eigenvalue weighted by Crippen LogP contribution is 2.19. The number of rotatable bonds is 14. The van der Waals surface area contributed by atoms with E-state index in [1.807, 2.05) is 24.3 Å². The number of guanidine groups is 1. The van der Waals surface area contributed by atoms with Crippen molar-refractivity contribution in [3.8, 4) is 0 Å². The highest BCUT2D eigenvalue weighted by molar-refractivity contribution is 5.94. The topological polar surface area (TPSA) is 251 Å². The summed E-state index contributed by atoms with van der Waals surface area (Å²) < 4.78 is 0. The minimum Gasteiger partial charge on any atom is -0.480 e. The van der Waals surface area contributed by atoms with Crippen LogP contribution in [-0.2, 0) is 25.6 Å². The van der Waals surface area contributed by atoms with Crippen molar-refractivity contribution < 1.29 is 29.4 Å². The Morgan fingerprint density at radius 1 is 1.05 bits per heavy atom. The molecule has 4 atom stereocenters. The van der Waals surface area contributed by atoms with Gasteiger partial charge in [0.1, 0.15) is 18.1 Å². The van der Waals surface area contributed by atoms with Gasteiger partial charge in [-0.05, 0) is 31.4 Å². The van der Waals surface area contributed by atoms with Crippen LogP contribution in [-0.4, -0.2) is 82.2 Å². The summed E-state index contributed by atoms with van der Waals surface area (Å²) in [6.45, 7) is 1.09. The number of hydrogen-bond donors (Lipinski definition) is 9. The number of aromatic amines is 1. The number of amides is 3. The maximum absolute atomic E-state index is 13.0. The zero-order chi connectivity index (χ0) is 27.5. The number of aromatic nitrogens is 1. The van der Waals surface area contributed by atoms with Crippen LogP contribution in [0.5, 0.6) is 0 Å². The van der Waals surface area contributed by atoms with Gasteiger partial charge in [-0.3, -0.25) is 19.4 Å². The number of H-pyrrole nitrogens is 1. The number of carboxylic acid groups (broad SMARTS) is 1. The molecule has 3 amide bonds. The molecule has 14 nitrogen and oxygen atoms in total. The molecule has 12 N–H and O–H groups in total. The molecule has 0 radical (unpaired) electrons. The second-order valence-electron chi connectivity index (χ2n) is 8.46. The number of aliphatic hydroxyl groups excluding tert-OH is 1. The minimum atomic E-state index is -1.49. The Hall–Kier alpha value is -4.17. The number of para-hydroxylation sites is 1. The molecular formula is C23H34N8O6. The van der Waals surface area contributed by atoms with E-state index in [4.69, 9.17) is 17.2 Å². The number of aliphatic hydroxyl groups is 1. The first kappa shape index (κ1) is 29.1. The van der Waals surface area contributed by atoms with Gasteiger partial charge in [0.2, 0.25) is 17.7 Å². The molecule has 14 heteroatoms. The van der Waals surface area contributed by atoms with Crippen LogP contribution in [0.3, 0.4) is 0 Å². The molecule has 2 rings (SSSR count). The summed E-state index contributed by atoms with van der Waals surface area (Å²) in [5, 5.41) is 27.9. The van der Waals surface area contributed by atoms with E-state index in [0.717, 1.165) is 10.9 Å². The number of aliphatic imine (C=N–C) groups is 1. The summed E-state index contributed by atoms with van der Waals surface area (Å²) >= 11 is 0. The van der Waals surface area contributed by atoms with E-state index in [1.165, 1.54) is 6.92 Å². The van der Waals surface area contributed by atoms with Gasteiger partial charge in [0.15, 0.2) is 5.96 Å². The lowest BCUT2D eigenvalue weighted by Crippen LogP contribution is -2.59. The predicted molar refractivity (Wildman–Crippen MR) is 136 cm³/mol. The van der Waals surface area contributed by atoms with Gasteiger partial charge in [0, 0.05) is 30.1 Å². The third-order valence-electron chi connectivity index (χ3n) is 5.56. The summed E-state index contributed by atoms with van der Waals surface area (Å²) in [6, 6.07) is 3.38. The number of nitrogens with zero attached hydrogens (tertiary/aromatic N) is 1. The van der Waals surface area contributed by atoms with Crippen molar-refractivity contribution in [3.05, 3.63) is 36.0 Å². The van der Waals surface area contributed by atoms with Crippen molar-refractivity contribution in [2.24, 2.45) is 22.2 Å². The lowest BCUT2D eigenvalue weighted by molar-refractivity contribution is -0.143. The minimum absolute atomic E-state index is 0.0362. The van der Waals surface area contributed by atoms with Crippen molar-refractivity contribution in [2.45, 2.75) is 50.4 Å². The molecule has 0 saturated carbocycles. The molecule has 4 unspecified atom stereocenters. The summed E-state index contributed by atoms with van der Waals surface area (Å²) in [6.07, 6.45) is 0.678. The van der Waals surface area contributed by atoms with Gasteiger partial charge < -0.3 is 48.3 Å². The molecule has 37 heavy (non-hydrogen) atoms. The van der Waals surface area contributed by atoms with E-state index in [1.54, 1.807) is 6.20 Å². The van der Waals surface area contributed by atoms with Crippen molar-refractivity contribution in [1.29, 1.82) is 0 Å². The number of aliphatic carboxylic acids is 1. The molecule has 0 spiro atoms.